The molecule has 3 aromatic rings. The Morgan fingerprint density at radius 2 is 1.30 bits per heavy atom. The van der Waals surface area contributed by atoms with Crippen LogP contribution in [-0.4, -0.2) is 48.2 Å². The van der Waals surface area contributed by atoms with Crippen LogP contribution in [0.2, 0.25) is 0 Å². The molecule has 43 heavy (non-hydrogen) atoms. The van der Waals surface area contributed by atoms with Crippen molar-refractivity contribution in [2.75, 3.05) is 11.9 Å². The standard InChI is InChI=1S/C34H43N5O4/c1-3-23(2)30(36)34(43)39-29(22-24-12-6-4-7-13-24)33(42)38-28(16-10-11-21-35)32(41)37-27-19-17-26(18-20-27)31(40)25-14-8-5-9-15-25/h4-9,12-15,17-20,23,28-30H,3,10-11,16,21-22,35-36H2,1-2H3,(H,37,41)(H,38,42)(H,39,43)/t23-,28+,29+,30-/m1/s1. The lowest BCUT2D eigenvalue weighted by molar-refractivity contribution is -0.131. The number of amides is 3. The molecule has 9 nitrogen and oxygen atoms in total. The van der Waals surface area contributed by atoms with Crippen molar-refractivity contribution in [3.63, 3.8) is 0 Å². The molecule has 7 N–H and O–H groups in total. The van der Waals surface area contributed by atoms with Crippen LogP contribution in [0.1, 0.15) is 61.0 Å². The van der Waals surface area contributed by atoms with Crippen LogP contribution in [0.4, 0.5) is 5.69 Å². The Balaban J connectivity index is 1.74. The van der Waals surface area contributed by atoms with E-state index in [1.807, 2.05) is 50.2 Å². The molecule has 0 aliphatic carbocycles. The number of carbonyl (C=O) groups is 4. The fraction of sp³-hybridized carbons (Fsp3) is 0.353. The van der Waals surface area contributed by atoms with Gasteiger partial charge in [0.25, 0.3) is 0 Å². The van der Waals surface area contributed by atoms with Crippen molar-refractivity contribution >= 4 is 29.2 Å². The molecule has 0 radical (unpaired) electrons. The van der Waals surface area contributed by atoms with Crippen LogP contribution in [-0.2, 0) is 20.8 Å². The summed E-state index contributed by atoms with van der Waals surface area (Å²) in [4.78, 5) is 52.7. The Morgan fingerprint density at radius 3 is 1.91 bits per heavy atom. The van der Waals surface area contributed by atoms with Gasteiger partial charge in [-0.05, 0) is 61.6 Å². The fourth-order valence-corrected chi connectivity index (χ4v) is 4.56. The van der Waals surface area contributed by atoms with E-state index in [1.165, 1.54) is 0 Å². The van der Waals surface area contributed by atoms with Crippen molar-refractivity contribution < 1.29 is 19.2 Å². The summed E-state index contributed by atoms with van der Waals surface area (Å²) in [5.74, 6) is -1.49. The van der Waals surface area contributed by atoms with Gasteiger partial charge in [0.05, 0.1) is 6.04 Å². The quantitative estimate of drug-likeness (QED) is 0.128. The van der Waals surface area contributed by atoms with Gasteiger partial charge in [0.15, 0.2) is 5.78 Å². The second-order valence-corrected chi connectivity index (χ2v) is 10.8. The molecule has 0 fully saturated rings. The van der Waals surface area contributed by atoms with E-state index in [2.05, 4.69) is 16.0 Å². The summed E-state index contributed by atoms with van der Waals surface area (Å²) in [5, 5.41) is 8.51. The highest BCUT2D eigenvalue weighted by molar-refractivity contribution is 6.09. The zero-order chi connectivity index (χ0) is 31.2. The normalized spacial score (nSPS) is 13.7. The summed E-state index contributed by atoms with van der Waals surface area (Å²) < 4.78 is 0. The van der Waals surface area contributed by atoms with E-state index in [-0.39, 0.29) is 18.1 Å². The number of nitrogens with two attached hydrogens (primary N) is 2. The fourth-order valence-electron chi connectivity index (χ4n) is 4.56. The second-order valence-electron chi connectivity index (χ2n) is 10.8. The van der Waals surface area contributed by atoms with Crippen LogP contribution in [0, 0.1) is 5.92 Å². The molecule has 3 amide bonds. The number of anilines is 1. The Kier molecular flexibility index (Phi) is 13.1. The molecule has 0 unspecified atom stereocenters. The average molecular weight is 586 g/mol. The first kappa shape index (κ1) is 33.2. The smallest absolute Gasteiger partial charge is 0.246 e. The van der Waals surface area contributed by atoms with Crippen molar-refractivity contribution in [1.82, 2.24) is 10.6 Å². The predicted octanol–water partition coefficient (Wildman–Crippen LogP) is 3.57. The maximum absolute atomic E-state index is 13.6. The van der Waals surface area contributed by atoms with Crippen molar-refractivity contribution in [2.45, 2.75) is 64.1 Å². The summed E-state index contributed by atoms with van der Waals surface area (Å²) in [6.07, 6.45) is 2.62. The van der Waals surface area contributed by atoms with Crippen molar-refractivity contribution in [1.29, 1.82) is 0 Å². The van der Waals surface area contributed by atoms with Crippen molar-refractivity contribution in [3.05, 3.63) is 102 Å². The molecule has 228 valence electrons. The molecule has 0 saturated heterocycles. The molecular weight excluding hydrogens is 542 g/mol. The highest BCUT2D eigenvalue weighted by Crippen LogP contribution is 2.15. The second kappa shape index (κ2) is 16.9. The van der Waals surface area contributed by atoms with E-state index in [0.717, 1.165) is 12.0 Å². The molecular formula is C34H43N5O4. The van der Waals surface area contributed by atoms with Gasteiger partial charge in [-0.3, -0.25) is 19.2 Å². The highest BCUT2D eigenvalue weighted by Gasteiger charge is 2.29. The first-order valence-corrected chi connectivity index (χ1v) is 14.8. The Morgan fingerprint density at radius 1 is 0.721 bits per heavy atom. The van der Waals surface area contributed by atoms with Crippen LogP contribution in [0.5, 0.6) is 0 Å². The van der Waals surface area contributed by atoms with E-state index in [9.17, 15) is 19.2 Å². The number of hydrogen-bond acceptors (Lipinski definition) is 6. The van der Waals surface area contributed by atoms with Gasteiger partial charge in [-0.15, -0.1) is 0 Å². The maximum Gasteiger partial charge on any atom is 0.246 e. The zero-order valence-electron chi connectivity index (χ0n) is 24.9. The van der Waals surface area contributed by atoms with Gasteiger partial charge in [-0.2, -0.15) is 0 Å². The Bertz CT molecular complexity index is 1330. The number of unbranched alkanes of at least 4 members (excludes halogenated alkanes) is 1. The number of benzene rings is 3. The SMILES string of the molecule is CC[C@@H](C)[C@@H](N)C(=O)N[C@@H](Cc1ccccc1)C(=O)N[C@@H](CCCCN)C(=O)Nc1ccc(C(=O)c2ccccc2)cc1. The summed E-state index contributed by atoms with van der Waals surface area (Å²) in [6, 6.07) is 22.3. The zero-order valence-corrected chi connectivity index (χ0v) is 24.9. The van der Waals surface area contributed by atoms with E-state index in [4.69, 9.17) is 11.5 Å². The van der Waals surface area contributed by atoms with Crippen LogP contribution < -0.4 is 27.4 Å². The molecule has 0 spiro atoms. The van der Waals surface area contributed by atoms with E-state index in [0.29, 0.717) is 42.6 Å². The number of hydrogen-bond donors (Lipinski definition) is 5. The monoisotopic (exact) mass is 585 g/mol. The minimum absolute atomic E-state index is 0.0652. The number of ketones is 1. The Labute approximate surface area is 253 Å². The third-order valence-corrected chi connectivity index (χ3v) is 7.51. The van der Waals surface area contributed by atoms with Crippen LogP contribution in [0.15, 0.2) is 84.9 Å². The molecule has 3 aromatic carbocycles. The topological polar surface area (TPSA) is 156 Å². The number of carbonyl (C=O) groups excluding carboxylic acids is 4. The van der Waals surface area contributed by atoms with Gasteiger partial charge in [-0.1, -0.05) is 80.9 Å². The van der Waals surface area contributed by atoms with E-state index >= 15 is 0 Å². The molecule has 0 bridgehead atoms. The summed E-state index contributed by atoms with van der Waals surface area (Å²) in [6.45, 7) is 4.29. The molecule has 0 aliphatic heterocycles. The molecule has 4 atom stereocenters. The first-order valence-electron chi connectivity index (χ1n) is 14.8. The molecule has 3 rings (SSSR count). The summed E-state index contributed by atoms with van der Waals surface area (Å²) >= 11 is 0. The lowest BCUT2D eigenvalue weighted by Gasteiger charge is -2.25. The number of rotatable bonds is 16. The van der Waals surface area contributed by atoms with E-state index in [1.54, 1.807) is 48.5 Å². The van der Waals surface area contributed by atoms with Gasteiger partial charge < -0.3 is 27.4 Å². The molecule has 9 heteroatoms. The van der Waals surface area contributed by atoms with Crippen molar-refractivity contribution in [2.24, 2.45) is 17.4 Å². The number of nitrogens with one attached hydrogen (secondary N) is 3. The highest BCUT2D eigenvalue weighted by atomic mass is 16.2. The van der Waals surface area contributed by atoms with Gasteiger partial charge in [0.1, 0.15) is 12.1 Å². The third kappa shape index (κ3) is 10.2. The van der Waals surface area contributed by atoms with Gasteiger partial charge in [0.2, 0.25) is 17.7 Å². The van der Waals surface area contributed by atoms with Gasteiger partial charge >= 0.3 is 0 Å². The first-order chi connectivity index (χ1) is 20.7. The molecule has 0 heterocycles. The molecule has 0 aromatic heterocycles. The van der Waals surface area contributed by atoms with Crippen LogP contribution in [0.25, 0.3) is 0 Å². The van der Waals surface area contributed by atoms with Crippen LogP contribution in [0.3, 0.4) is 0 Å². The summed E-state index contributed by atoms with van der Waals surface area (Å²) in [7, 11) is 0. The predicted molar refractivity (Wildman–Crippen MR) is 169 cm³/mol. The largest absolute Gasteiger partial charge is 0.343 e. The Hall–Kier alpha value is -4.34. The van der Waals surface area contributed by atoms with Crippen LogP contribution >= 0.6 is 0 Å². The van der Waals surface area contributed by atoms with Gasteiger partial charge in [-0.25, -0.2) is 0 Å². The van der Waals surface area contributed by atoms with Crippen molar-refractivity contribution in [3.8, 4) is 0 Å². The lowest BCUT2D eigenvalue weighted by atomic mass is 9.98. The lowest BCUT2D eigenvalue weighted by Crippen LogP contribution is -2.56. The minimum atomic E-state index is -0.932. The molecule has 0 saturated carbocycles. The maximum atomic E-state index is 13.6. The summed E-state index contributed by atoms with van der Waals surface area (Å²) in [5.41, 5.74) is 14.2. The molecule has 0 aliphatic rings. The average Bonchev–Trinajstić information content (AvgIpc) is 3.04. The van der Waals surface area contributed by atoms with Gasteiger partial charge in [0, 0.05) is 23.2 Å². The minimum Gasteiger partial charge on any atom is -0.343 e. The third-order valence-electron chi connectivity index (χ3n) is 7.51. The van der Waals surface area contributed by atoms with E-state index < -0.39 is 35.8 Å².